The Labute approximate surface area is 173 Å². The summed E-state index contributed by atoms with van der Waals surface area (Å²) in [5.74, 6) is -0.0708. The van der Waals surface area contributed by atoms with Crippen molar-refractivity contribution in [1.29, 1.82) is 0 Å². The van der Waals surface area contributed by atoms with Crippen LogP contribution in [0.15, 0.2) is 42.9 Å². The molecule has 3 aromatic heterocycles. The summed E-state index contributed by atoms with van der Waals surface area (Å²) in [4.78, 5) is 8.90. The smallest absolute Gasteiger partial charge is 0.382 e. The summed E-state index contributed by atoms with van der Waals surface area (Å²) < 4.78 is 40.7. The molecular formula is C18H15ClF3N7O. The molecule has 1 atom stereocenters. The van der Waals surface area contributed by atoms with E-state index < -0.39 is 18.8 Å². The number of alkyl halides is 3. The van der Waals surface area contributed by atoms with Gasteiger partial charge in [0.15, 0.2) is 11.8 Å². The van der Waals surface area contributed by atoms with Gasteiger partial charge in [-0.3, -0.25) is 4.68 Å². The number of rotatable bonds is 5. The van der Waals surface area contributed by atoms with Crippen molar-refractivity contribution >= 4 is 23.2 Å². The van der Waals surface area contributed by atoms with Crippen molar-refractivity contribution in [3.05, 3.63) is 47.9 Å². The minimum Gasteiger partial charge on any atom is -0.382 e. The van der Waals surface area contributed by atoms with E-state index in [1.807, 2.05) is 0 Å². The summed E-state index contributed by atoms with van der Waals surface area (Å²) in [6.07, 6.45) is -2.33. The fourth-order valence-electron chi connectivity index (χ4n) is 2.77. The maximum Gasteiger partial charge on any atom is 0.416 e. The van der Waals surface area contributed by atoms with Gasteiger partial charge in [-0.1, -0.05) is 23.7 Å². The average Bonchev–Trinajstić information content (AvgIpc) is 3.30. The first-order valence-electron chi connectivity index (χ1n) is 8.72. The molecule has 0 radical (unpaired) electrons. The second-order valence-electron chi connectivity index (χ2n) is 6.53. The molecule has 2 N–H and O–H groups in total. The van der Waals surface area contributed by atoms with Crippen LogP contribution in [0.1, 0.15) is 0 Å². The van der Waals surface area contributed by atoms with E-state index in [4.69, 9.17) is 11.6 Å². The number of hydrogen-bond donors (Lipinski definition) is 2. The van der Waals surface area contributed by atoms with Crippen molar-refractivity contribution in [1.82, 2.24) is 29.4 Å². The Bertz CT molecular complexity index is 1190. The second-order valence-corrected chi connectivity index (χ2v) is 6.96. The molecule has 0 spiro atoms. The van der Waals surface area contributed by atoms with Crippen molar-refractivity contribution in [3.8, 4) is 22.5 Å². The number of aryl methyl sites for hydroxylation is 1. The third-order valence-corrected chi connectivity index (χ3v) is 4.52. The SMILES string of the molecule is Cn1cc(-c2nc(-c3ccc(Cl)cc3)cn3nc(NCC(O)C(F)(F)F)nc23)cn1. The van der Waals surface area contributed by atoms with Crippen LogP contribution in [0.5, 0.6) is 0 Å². The molecule has 0 fully saturated rings. The van der Waals surface area contributed by atoms with Gasteiger partial charge in [-0.05, 0) is 12.1 Å². The number of halogens is 4. The first-order chi connectivity index (χ1) is 14.2. The van der Waals surface area contributed by atoms with Gasteiger partial charge in [-0.25, -0.2) is 9.50 Å². The number of hydrogen-bond acceptors (Lipinski definition) is 6. The number of benzene rings is 1. The van der Waals surface area contributed by atoms with E-state index in [1.54, 1.807) is 54.6 Å². The predicted molar refractivity (Wildman–Crippen MR) is 104 cm³/mol. The molecule has 4 rings (SSSR count). The van der Waals surface area contributed by atoms with Crippen LogP contribution in [0.4, 0.5) is 19.1 Å². The minimum atomic E-state index is -4.74. The Morgan fingerprint density at radius 1 is 1.13 bits per heavy atom. The zero-order valence-corrected chi connectivity index (χ0v) is 16.2. The van der Waals surface area contributed by atoms with Gasteiger partial charge >= 0.3 is 6.18 Å². The van der Waals surface area contributed by atoms with E-state index in [1.165, 1.54) is 4.52 Å². The lowest BCUT2D eigenvalue weighted by Crippen LogP contribution is -2.35. The van der Waals surface area contributed by atoms with Gasteiger partial charge in [0.1, 0.15) is 5.69 Å². The van der Waals surface area contributed by atoms with Crippen molar-refractivity contribution in [2.45, 2.75) is 12.3 Å². The van der Waals surface area contributed by atoms with Crippen LogP contribution >= 0.6 is 11.6 Å². The molecule has 0 aliphatic carbocycles. The molecule has 0 aliphatic rings. The number of aliphatic hydroxyl groups excluding tert-OH is 1. The van der Waals surface area contributed by atoms with Gasteiger partial charge in [0.25, 0.3) is 0 Å². The number of nitrogens with zero attached hydrogens (tertiary/aromatic N) is 6. The third-order valence-electron chi connectivity index (χ3n) is 4.27. The van der Waals surface area contributed by atoms with Crippen molar-refractivity contribution < 1.29 is 18.3 Å². The van der Waals surface area contributed by atoms with Gasteiger partial charge in [0.05, 0.1) is 24.6 Å². The Hall–Kier alpha value is -3.18. The van der Waals surface area contributed by atoms with E-state index in [2.05, 4.69) is 25.5 Å². The van der Waals surface area contributed by atoms with E-state index in [9.17, 15) is 18.3 Å². The lowest BCUT2D eigenvalue weighted by Gasteiger charge is -2.13. The topological polar surface area (TPSA) is 93.2 Å². The normalized spacial score (nSPS) is 13.0. The highest BCUT2D eigenvalue weighted by Crippen LogP contribution is 2.27. The number of anilines is 1. The highest BCUT2D eigenvalue weighted by Gasteiger charge is 2.38. The monoisotopic (exact) mass is 437 g/mol. The molecule has 0 bridgehead atoms. The summed E-state index contributed by atoms with van der Waals surface area (Å²) in [5.41, 5.74) is 2.76. The van der Waals surface area contributed by atoms with Crippen LogP contribution in [0.2, 0.25) is 5.02 Å². The molecule has 1 aromatic carbocycles. The molecule has 4 aromatic rings. The maximum atomic E-state index is 12.5. The molecule has 8 nitrogen and oxygen atoms in total. The summed E-state index contributed by atoms with van der Waals surface area (Å²) in [7, 11) is 1.75. The fraction of sp³-hybridized carbons (Fsp3) is 0.222. The van der Waals surface area contributed by atoms with Crippen LogP contribution in [-0.2, 0) is 7.05 Å². The average molecular weight is 438 g/mol. The molecule has 3 heterocycles. The Morgan fingerprint density at radius 2 is 1.87 bits per heavy atom. The minimum absolute atomic E-state index is 0.0708. The molecule has 30 heavy (non-hydrogen) atoms. The molecule has 1 unspecified atom stereocenters. The van der Waals surface area contributed by atoms with E-state index >= 15 is 0 Å². The lowest BCUT2D eigenvalue weighted by atomic mass is 10.1. The van der Waals surface area contributed by atoms with Crippen molar-refractivity contribution in [2.75, 3.05) is 11.9 Å². The van der Waals surface area contributed by atoms with E-state index in [0.717, 1.165) is 5.56 Å². The van der Waals surface area contributed by atoms with Crippen LogP contribution in [0.3, 0.4) is 0 Å². The largest absolute Gasteiger partial charge is 0.416 e. The highest BCUT2D eigenvalue weighted by molar-refractivity contribution is 6.30. The molecule has 0 saturated carbocycles. The number of aliphatic hydroxyl groups is 1. The summed E-state index contributed by atoms with van der Waals surface area (Å²) in [6.45, 7) is -0.778. The zero-order chi connectivity index (χ0) is 21.5. The van der Waals surface area contributed by atoms with Gasteiger partial charge in [0, 0.05) is 29.4 Å². The summed E-state index contributed by atoms with van der Waals surface area (Å²) >= 11 is 5.95. The van der Waals surface area contributed by atoms with Gasteiger partial charge in [0.2, 0.25) is 5.95 Å². The van der Waals surface area contributed by atoms with Crippen LogP contribution in [-0.4, -0.2) is 53.3 Å². The standard InChI is InChI=1S/C18H15ClF3N7O/c1-28-8-11(6-24-28)15-16-26-17(23-7-14(30)18(20,21)22)27-29(16)9-13(25-15)10-2-4-12(19)5-3-10/h2-6,8-9,14,30H,7H2,1H3,(H,23,27). The molecule has 156 valence electrons. The van der Waals surface area contributed by atoms with Crippen molar-refractivity contribution in [3.63, 3.8) is 0 Å². The van der Waals surface area contributed by atoms with Gasteiger partial charge in [-0.2, -0.15) is 23.3 Å². The first kappa shape index (κ1) is 20.1. The zero-order valence-electron chi connectivity index (χ0n) is 15.5. The molecule has 12 heteroatoms. The second kappa shape index (κ2) is 7.58. The third kappa shape index (κ3) is 4.07. The van der Waals surface area contributed by atoms with Gasteiger partial charge < -0.3 is 10.4 Å². The van der Waals surface area contributed by atoms with Crippen LogP contribution < -0.4 is 5.32 Å². The Balaban J connectivity index is 1.77. The molecule has 0 saturated heterocycles. The Morgan fingerprint density at radius 3 is 2.50 bits per heavy atom. The quantitative estimate of drug-likeness (QED) is 0.498. The summed E-state index contributed by atoms with van der Waals surface area (Å²) in [6, 6.07) is 7.03. The van der Waals surface area contributed by atoms with Crippen LogP contribution in [0.25, 0.3) is 28.2 Å². The molecule has 0 aliphatic heterocycles. The maximum absolute atomic E-state index is 12.5. The molecular weight excluding hydrogens is 423 g/mol. The predicted octanol–water partition coefficient (Wildman–Crippen LogP) is 3.18. The van der Waals surface area contributed by atoms with Gasteiger partial charge in [-0.15, -0.1) is 5.10 Å². The first-order valence-corrected chi connectivity index (χ1v) is 9.09. The Kier molecular flexibility index (Phi) is 5.08. The molecule has 0 amide bonds. The fourth-order valence-corrected chi connectivity index (χ4v) is 2.89. The number of fused-ring (bicyclic) bond motifs is 1. The van der Waals surface area contributed by atoms with E-state index in [0.29, 0.717) is 27.6 Å². The van der Waals surface area contributed by atoms with Crippen LogP contribution in [0, 0.1) is 0 Å². The lowest BCUT2D eigenvalue weighted by molar-refractivity contribution is -0.198. The number of nitrogens with one attached hydrogen (secondary N) is 1. The highest BCUT2D eigenvalue weighted by atomic mass is 35.5. The number of aromatic nitrogens is 6. The van der Waals surface area contributed by atoms with E-state index in [-0.39, 0.29) is 5.95 Å². The summed E-state index contributed by atoms with van der Waals surface area (Å²) in [5, 5.41) is 20.5. The van der Waals surface area contributed by atoms with Crippen molar-refractivity contribution in [2.24, 2.45) is 7.05 Å².